The van der Waals surface area contributed by atoms with E-state index in [1.54, 1.807) is 7.05 Å². The van der Waals surface area contributed by atoms with Gasteiger partial charge in [-0.2, -0.15) is 0 Å². The molecule has 6 nitrogen and oxygen atoms in total. The first-order valence-electron chi connectivity index (χ1n) is 10.2. The van der Waals surface area contributed by atoms with E-state index in [1.807, 2.05) is 6.07 Å². The second kappa shape index (κ2) is 8.17. The first kappa shape index (κ1) is 18.7. The van der Waals surface area contributed by atoms with Crippen molar-refractivity contribution in [3.05, 3.63) is 48.0 Å². The molecule has 6 heteroatoms. The van der Waals surface area contributed by atoms with E-state index in [1.165, 1.54) is 10.5 Å². The molecule has 1 saturated heterocycles. The highest BCUT2D eigenvalue weighted by molar-refractivity contribution is 6.06. The third-order valence-electron chi connectivity index (χ3n) is 6.19. The van der Waals surface area contributed by atoms with Crippen LogP contribution < -0.4 is 10.6 Å². The van der Waals surface area contributed by atoms with Crippen molar-refractivity contribution in [1.29, 1.82) is 0 Å². The smallest absolute Gasteiger partial charge is 0.233 e. The number of allylic oxidation sites excluding steroid dienone is 2. The van der Waals surface area contributed by atoms with E-state index in [-0.39, 0.29) is 35.5 Å². The van der Waals surface area contributed by atoms with Crippen molar-refractivity contribution in [2.75, 3.05) is 26.7 Å². The number of guanidine groups is 1. The number of carbonyl (C=O) groups is 2. The number of hydrogen-bond acceptors (Lipinski definition) is 3. The SMILES string of the molecule is CN=C(NCCCc1ccccc1)NCCN1C(=O)C2C3C=CC(C3)C2C1=O. The van der Waals surface area contributed by atoms with E-state index < -0.39 is 0 Å². The predicted octanol–water partition coefficient (Wildman–Crippen LogP) is 1.59. The van der Waals surface area contributed by atoms with E-state index in [0.717, 1.165) is 25.8 Å². The van der Waals surface area contributed by atoms with Crippen molar-refractivity contribution in [3.63, 3.8) is 0 Å². The minimum Gasteiger partial charge on any atom is -0.356 e. The van der Waals surface area contributed by atoms with Gasteiger partial charge in [0.15, 0.2) is 5.96 Å². The van der Waals surface area contributed by atoms with Gasteiger partial charge in [0.2, 0.25) is 11.8 Å². The van der Waals surface area contributed by atoms with Gasteiger partial charge >= 0.3 is 0 Å². The van der Waals surface area contributed by atoms with Crippen molar-refractivity contribution in [1.82, 2.24) is 15.5 Å². The summed E-state index contributed by atoms with van der Waals surface area (Å²) in [7, 11) is 1.73. The van der Waals surface area contributed by atoms with Crippen LogP contribution in [0.5, 0.6) is 0 Å². The van der Waals surface area contributed by atoms with Gasteiger partial charge in [0, 0.05) is 26.7 Å². The summed E-state index contributed by atoms with van der Waals surface area (Å²) in [6.45, 7) is 1.72. The third kappa shape index (κ3) is 3.55. The monoisotopic (exact) mass is 380 g/mol. The molecule has 4 unspecified atom stereocenters. The number of benzene rings is 1. The fraction of sp³-hybridized carbons (Fsp3) is 0.500. The molecule has 0 radical (unpaired) electrons. The van der Waals surface area contributed by atoms with Crippen molar-refractivity contribution < 1.29 is 9.59 Å². The number of nitrogens with zero attached hydrogens (tertiary/aromatic N) is 2. The molecule has 2 N–H and O–H groups in total. The summed E-state index contributed by atoms with van der Waals surface area (Å²) < 4.78 is 0. The molecule has 4 atom stereocenters. The fourth-order valence-corrected chi connectivity index (χ4v) is 4.84. The first-order chi connectivity index (χ1) is 13.7. The van der Waals surface area contributed by atoms with Crippen LogP contribution >= 0.6 is 0 Å². The molecule has 2 bridgehead atoms. The number of aliphatic imine (C=N–C) groups is 1. The Kier molecular flexibility index (Phi) is 5.46. The third-order valence-corrected chi connectivity index (χ3v) is 6.19. The fourth-order valence-electron chi connectivity index (χ4n) is 4.84. The highest BCUT2D eigenvalue weighted by Gasteiger charge is 2.58. The number of nitrogens with one attached hydrogen (secondary N) is 2. The van der Waals surface area contributed by atoms with Crippen molar-refractivity contribution >= 4 is 17.8 Å². The molecule has 1 aliphatic heterocycles. The van der Waals surface area contributed by atoms with Gasteiger partial charge in [-0.05, 0) is 36.7 Å². The largest absolute Gasteiger partial charge is 0.356 e. The van der Waals surface area contributed by atoms with Crippen LogP contribution in [-0.2, 0) is 16.0 Å². The average molecular weight is 380 g/mol. The van der Waals surface area contributed by atoms with E-state index >= 15 is 0 Å². The summed E-state index contributed by atoms with van der Waals surface area (Å²) in [6.07, 6.45) is 7.24. The zero-order chi connectivity index (χ0) is 19.5. The molecule has 2 fully saturated rings. The standard InChI is InChI=1S/C22H28N4O2/c1-23-22(24-11-5-8-15-6-3-2-4-7-15)25-12-13-26-20(27)18-16-9-10-17(14-16)19(18)21(26)28/h2-4,6-7,9-10,16-19H,5,8,11-14H2,1H3,(H2,23,24,25). The lowest BCUT2D eigenvalue weighted by Gasteiger charge is -2.18. The highest BCUT2D eigenvalue weighted by Crippen LogP contribution is 2.52. The Balaban J connectivity index is 1.19. The van der Waals surface area contributed by atoms with Crippen LogP contribution in [-0.4, -0.2) is 49.4 Å². The Bertz CT molecular complexity index is 759. The van der Waals surface area contributed by atoms with Crippen molar-refractivity contribution in [3.8, 4) is 0 Å². The second-order valence-electron chi connectivity index (χ2n) is 7.84. The quantitative estimate of drug-likeness (QED) is 0.248. The van der Waals surface area contributed by atoms with Gasteiger partial charge < -0.3 is 10.6 Å². The summed E-state index contributed by atoms with van der Waals surface area (Å²) in [6, 6.07) is 10.4. The molecular weight excluding hydrogens is 352 g/mol. The molecular formula is C22H28N4O2. The number of imide groups is 1. The van der Waals surface area contributed by atoms with Crippen LogP contribution in [0.2, 0.25) is 0 Å². The minimum absolute atomic E-state index is 0.0134. The summed E-state index contributed by atoms with van der Waals surface area (Å²) >= 11 is 0. The highest BCUT2D eigenvalue weighted by atomic mass is 16.2. The predicted molar refractivity (Wildman–Crippen MR) is 109 cm³/mol. The van der Waals surface area contributed by atoms with Crippen LogP contribution in [0, 0.1) is 23.7 Å². The molecule has 1 saturated carbocycles. The Morgan fingerprint density at radius 2 is 1.68 bits per heavy atom. The van der Waals surface area contributed by atoms with Crippen molar-refractivity contribution in [2.24, 2.45) is 28.7 Å². The van der Waals surface area contributed by atoms with Crippen molar-refractivity contribution in [2.45, 2.75) is 19.3 Å². The van der Waals surface area contributed by atoms with Crippen LogP contribution in [0.15, 0.2) is 47.5 Å². The van der Waals surface area contributed by atoms with Gasteiger partial charge in [-0.15, -0.1) is 0 Å². The molecule has 2 aliphatic carbocycles. The van der Waals surface area contributed by atoms with E-state index in [9.17, 15) is 9.59 Å². The number of carbonyl (C=O) groups excluding carboxylic acids is 2. The summed E-state index contributed by atoms with van der Waals surface area (Å²) in [4.78, 5) is 31.0. The molecule has 1 heterocycles. The number of fused-ring (bicyclic) bond motifs is 5. The molecule has 4 rings (SSSR count). The zero-order valence-corrected chi connectivity index (χ0v) is 16.3. The van der Waals surface area contributed by atoms with E-state index in [4.69, 9.17) is 0 Å². The minimum atomic E-state index is -0.113. The summed E-state index contributed by atoms with van der Waals surface area (Å²) in [5.74, 6) is 1.04. The first-order valence-corrected chi connectivity index (χ1v) is 10.2. The number of aryl methyl sites for hydroxylation is 1. The number of amides is 2. The summed E-state index contributed by atoms with van der Waals surface area (Å²) in [5.41, 5.74) is 1.33. The Morgan fingerprint density at radius 1 is 1.04 bits per heavy atom. The van der Waals surface area contributed by atoms with Gasteiger partial charge in [-0.1, -0.05) is 42.5 Å². The van der Waals surface area contributed by atoms with Gasteiger partial charge in [0.25, 0.3) is 0 Å². The van der Waals surface area contributed by atoms with Gasteiger partial charge in [-0.25, -0.2) is 0 Å². The molecule has 2 amide bonds. The average Bonchev–Trinajstić information content (AvgIpc) is 3.40. The topological polar surface area (TPSA) is 73.8 Å². The maximum Gasteiger partial charge on any atom is 0.233 e. The molecule has 28 heavy (non-hydrogen) atoms. The Morgan fingerprint density at radius 3 is 2.32 bits per heavy atom. The number of likely N-dealkylation sites (tertiary alicyclic amines) is 1. The molecule has 0 spiro atoms. The van der Waals surface area contributed by atoms with E-state index in [0.29, 0.717) is 19.0 Å². The van der Waals surface area contributed by atoms with Gasteiger partial charge in [0.1, 0.15) is 0 Å². The molecule has 3 aliphatic rings. The van der Waals surface area contributed by atoms with Crippen LogP contribution in [0.3, 0.4) is 0 Å². The normalized spacial score (nSPS) is 28.2. The molecule has 148 valence electrons. The molecule has 1 aromatic rings. The summed E-state index contributed by atoms with van der Waals surface area (Å²) in [5, 5.41) is 6.51. The lowest BCUT2D eigenvalue weighted by atomic mass is 9.85. The maximum atomic E-state index is 12.7. The van der Waals surface area contributed by atoms with Gasteiger partial charge in [0.05, 0.1) is 11.8 Å². The zero-order valence-electron chi connectivity index (χ0n) is 16.3. The Hall–Kier alpha value is -2.63. The molecule has 1 aromatic carbocycles. The number of hydrogen-bond donors (Lipinski definition) is 2. The lowest BCUT2D eigenvalue weighted by Crippen LogP contribution is -2.44. The number of rotatable bonds is 7. The van der Waals surface area contributed by atoms with Crippen LogP contribution in [0.4, 0.5) is 0 Å². The Labute approximate surface area is 166 Å². The molecule has 0 aromatic heterocycles. The second-order valence-corrected chi connectivity index (χ2v) is 7.84. The van der Waals surface area contributed by atoms with E-state index in [2.05, 4.69) is 52.0 Å². The van der Waals surface area contributed by atoms with Crippen LogP contribution in [0.1, 0.15) is 18.4 Å². The maximum absolute atomic E-state index is 12.7. The van der Waals surface area contributed by atoms with Crippen LogP contribution in [0.25, 0.3) is 0 Å². The van der Waals surface area contributed by atoms with Gasteiger partial charge in [-0.3, -0.25) is 19.5 Å². The lowest BCUT2D eigenvalue weighted by molar-refractivity contribution is -0.140.